The summed E-state index contributed by atoms with van der Waals surface area (Å²) < 4.78 is 5.11. The van der Waals surface area contributed by atoms with Gasteiger partial charge in [0.1, 0.15) is 0 Å². The molecule has 0 aliphatic carbocycles. The normalized spacial score (nSPS) is 11.0. The van der Waals surface area contributed by atoms with Gasteiger partial charge >= 0.3 is 5.97 Å². The Hall–Kier alpha value is -1.88. The van der Waals surface area contributed by atoms with Gasteiger partial charge in [0.25, 0.3) is 0 Å². The molecule has 0 aliphatic heterocycles. The van der Waals surface area contributed by atoms with E-state index in [4.69, 9.17) is 10.5 Å². The Labute approximate surface area is 125 Å². The molecule has 1 rings (SSSR count). The van der Waals surface area contributed by atoms with E-state index >= 15 is 0 Å². The molecule has 0 aliphatic rings. The summed E-state index contributed by atoms with van der Waals surface area (Å²) in [5, 5.41) is 2.75. The van der Waals surface area contributed by atoms with Crippen molar-refractivity contribution in [2.75, 3.05) is 11.9 Å². The average molecular weight is 292 g/mol. The average Bonchev–Trinajstić information content (AvgIpc) is 2.37. The van der Waals surface area contributed by atoms with Gasteiger partial charge < -0.3 is 15.8 Å². The van der Waals surface area contributed by atoms with Crippen LogP contribution in [0.2, 0.25) is 0 Å². The Balaban J connectivity index is 2.54. The first-order valence-electron chi connectivity index (χ1n) is 7.18. The number of anilines is 1. The van der Waals surface area contributed by atoms with Crippen molar-refractivity contribution in [1.29, 1.82) is 0 Å². The molecule has 0 radical (unpaired) electrons. The maximum absolute atomic E-state index is 11.7. The molecule has 1 aromatic carbocycles. The van der Waals surface area contributed by atoms with E-state index in [1.165, 1.54) is 0 Å². The van der Waals surface area contributed by atoms with Gasteiger partial charge in [-0.25, -0.2) is 4.79 Å². The van der Waals surface area contributed by atoms with E-state index in [2.05, 4.69) is 5.32 Å². The van der Waals surface area contributed by atoms with Crippen LogP contribution < -0.4 is 11.1 Å². The fourth-order valence-electron chi connectivity index (χ4n) is 1.70. The lowest BCUT2D eigenvalue weighted by Gasteiger charge is -2.17. The van der Waals surface area contributed by atoms with Crippen LogP contribution in [0, 0.1) is 0 Å². The molecule has 21 heavy (non-hydrogen) atoms. The number of benzene rings is 1. The van der Waals surface area contributed by atoms with E-state index in [1.807, 2.05) is 6.92 Å². The second-order valence-electron chi connectivity index (χ2n) is 5.78. The number of hydrogen-bond donors (Lipinski definition) is 2. The maximum atomic E-state index is 11.7. The van der Waals surface area contributed by atoms with Crippen LogP contribution >= 0.6 is 0 Å². The predicted octanol–water partition coefficient (Wildman–Crippen LogP) is 2.71. The first-order valence-corrected chi connectivity index (χ1v) is 7.18. The third-order valence-corrected chi connectivity index (χ3v) is 2.75. The lowest BCUT2D eigenvalue weighted by Crippen LogP contribution is -2.36. The van der Waals surface area contributed by atoms with Gasteiger partial charge in [0, 0.05) is 17.6 Å². The maximum Gasteiger partial charge on any atom is 0.338 e. The smallest absolute Gasteiger partial charge is 0.338 e. The van der Waals surface area contributed by atoms with Crippen LogP contribution in [0.5, 0.6) is 0 Å². The third kappa shape index (κ3) is 6.90. The highest BCUT2D eigenvalue weighted by molar-refractivity contribution is 5.93. The molecule has 0 aromatic heterocycles. The molecule has 0 saturated heterocycles. The monoisotopic (exact) mass is 292 g/mol. The molecule has 0 spiro atoms. The Morgan fingerprint density at radius 2 is 1.86 bits per heavy atom. The van der Waals surface area contributed by atoms with Gasteiger partial charge in [-0.05, 0) is 44.5 Å². The number of ether oxygens (including phenoxy) is 1. The zero-order chi connectivity index (χ0) is 15.9. The summed E-state index contributed by atoms with van der Waals surface area (Å²) in [6.07, 6.45) is 2.07. The van der Waals surface area contributed by atoms with Crippen molar-refractivity contribution in [3.05, 3.63) is 29.8 Å². The highest BCUT2D eigenvalue weighted by atomic mass is 16.5. The molecule has 0 heterocycles. The van der Waals surface area contributed by atoms with Crippen LogP contribution in [0.15, 0.2) is 24.3 Å². The van der Waals surface area contributed by atoms with Crippen molar-refractivity contribution in [3.8, 4) is 0 Å². The standard InChI is InChI=1S/C16H24N2O3/c1-4-5-10-21-15(20)12-6-8-13(9-7-12)18-14(19)11-16(2,3)17/h6-9H,4-5,10-11,17H2,1-3H3,(H,18,19). The van der Waals surface area contributed by atoms with Crippen molar-refractivity contribution in [1.82, 2.24) is 0 Å². The molecule has 1 aromatic rings. The van der Waals surface area contributed by atoms with Gasteiger partial charge in [-0.15, -0.1) is 0 Å². The molecule has 3 N–H and O–H groups in total. The molecule has 0 atom stereocenters. The van der Waals surface area contributed by atoms with E-state index in [-0.39, 0.29) is 18.3 Å². The van der Waals surface area contributed by atoms with Gasteiger partial charge in [-0.2, -0.15) is 0 Å². The zero-order valence-corrected chi connectivity index (χ0v) is 12.9. The zero-order valence-electron chi connectivity index (χ0n) is 12.9. The predicted molar refractivity (Wildman–Crippen MR) is 83.1 cm³/mol. The summed E-state index contributed by atoms with van der Waals surface area (Å²) in [7, 11) is 0. The van der Waals surface area contributed by atoms with Crippen molar-refractivity contribution in [3.63, 3.8) is 0 Å². The highest BCUT2D eigenvalue weighted by Gasteiger charge is 2.16. The van der Waals surface area contributed by atoms with Gasteiger partial charge in [-0.1, -0.05) is 13.3 Å². The summed E-state index contributed by atoms with van der Waals surface area (Å²) in [4.78, 5) is 23.5. The van der Waals surface area contributed by atoms with Crippen LogP contribution in [-0.2, 0) is 9.53 Å². The lowest BCUT2D eigenvalue weighted by molar-refractivity contribution is -0.117. The van der Waals surface area contributed by atoms with Crippen LogP contribution in [0.3, 0.4) is 0 Å². The second kappa shape index (κ2) is 7.78. The fraction of sp³-hybridized carbons (Fsp3) is 0.500. The summed E-state index contributed by atoms with van der Waals surface area (Å²) in [6.45, 7) is 6.05. The number of rotatable bonds is 7. The molecule has 116 valence electrons. The lowest BCUT2D eigenvalue weighted by atomic mass is 10.0. The molecular weight excluding hydrogens is 268 g/mol. The van der Waals surface area contributed by atoms with Crippen LogP contribution in [0.1, 0.15) is 50.4 Å². The number of carbonyl (C=O) groups excluding carboxylic acids is 2. The Morgan fingerprint density at radius 1 is 1.24 bits per heavy atom. The number of unbranched alkanes of at least 4 members (excludes halogenated alkanes) is 1. The largest absolute Gasteiger partial charge is 0.462 e. The Morgan fingerprint density at radius 3 is 2.38 bits per heavy atom. The van der Waals surface area contributed by atoms with E-state index in [0.29, 0.717) is 17.9 Å². The number of amides is 1. The van der Waals surface area contributed by atoms with E-state index in [0.717, 1.165) is 12.8 Å². The molecule has 5 heteroatoms. The molecule has 0 saturated carbocycles. The second-order valence-corrected chi connectivity index (χ2v) is 5.78. The van der Waals surface area contributed by atoms with Crippen LogP contribution in [-0.4, -0.2) is 24.0 Å². The third-order valence-electron chi connectivity index (χ3n) is 2.75. The molecule has 5 nitrogen and oxygen atoms in total. The number of esters is 1. The first kappa shape index (κ1) is 17.2. The first-order chi connectivity index (χ1) is 9.81. The van der Waals surface area contributed by atoms with Crippen LogP contribution in [0.25, 0.3) is 0 Å². The minimum absolute atomic E-state index is 0.152. The summed E-state index contributed by atoms with van der Waals surface area (Å²) in [5.74, 6) is -0.495. The van der Waals surface area contributed by atoms with Crippen molar-refractivity contribution in [2.45, 2.75) is 45.6 Å². The highest BCUT2D eigenvalue weighted by Crippen LogP contribution is 2.13. The van der Waals surface area contributed by atoms with E-state index < -0.39 is 5.54 Å². The summed E-state index contributed by atoms with van der Waals surface area (Å²) >= 11 is 0. The minimum Gasteiger partial charge on any atom is -0.462 e. The number of nitrogens with one attached hydrogen (secondary N) is 1. The van der Waals surface area contributed by atoms with Crippen molar-refractivity contribution >= 4 is 17.6 Å². The molecule has 0 unspecified atom stereocenters. The minimum atomic E-state index is -0.549. The molecule has 0 bridgehead atoms. The van der Waals surface area contributed by atoms with Gasteiger partial charge in [0.15, 0.2) is 0 Å². The van der Waals surface area contributed by atoms with Crippen molar-refractivity contribution in [2.24, 2.45) is 5.73 Å². The van der Waals surface area contributed by atoms with Gasteiger partial charge in [-0.3, -0.25) is 4.79 Å². The van der Waals surface area contributed by atoms with E-state index in [9.17, 15) is 9.59 Å². The van der Waals surface area contributed by atoms with Crippen molar-refractivity contribution < 1.29 is 14.3 Å². The Bertz CT molecular complexity index is 475. The van der Waals surface area contributed by atoms with Gasteiger partial charge in [0.05, 0.1) is 12.2 Å². The number of hydrogen-bond acceptors (Lipinski definition) is 4. The SMILES string of the molecule is CCCCOC(=O)c1ccc(NC(=O)CC(C)(C)N)cc1. The number of carbonyl (C=O) groups is 2. The molecule has 0 fully saturated rings. The topological polar surface area (TPSA) is 81.4 Å². The van der Waals surface area contributed by atoms with Crippen LogP contribution in [0.4, 0.5) is 5.69 Å². The quantitative estimate of drug-likeness (QED) is 0.598. The molecular formula is C16H24N2O3. The summed E-state index contributed by atoms with van der Waals surface area (Å²) in [6, 6.07) is 6.63. The van der Waals surface area contributed by atoms with E-state index in [1.54, 1.807) is 38.1 Å². The Kier molecular flexibility index (Phi) is 6.37. The fourth-order valence-corrected chi connectivity index (χ4v) is 1.70. The van der Waals surface area contributed by atoms with Gasteiger partial charge in [0.2, 0.25) is 5.91 Å². The summed E-state index contributed by atoms with van der Waals surface area (Å²) in [5.41, 5.74) is 6.35. The number of nitrogens with two attached hydrogens (primary N) is 1. The molecule has 1 amide bonds.